The minimum Gasteiger partial charge on any atom is -0.349 e. The molecule has 9 nitrogen and oxygen atoms in total. The van der Waals surface area contributed by atoms with Gasteiger partial charge in [0.25, 0.3) is 11.5 Å². The van der Waals surface area contributed by atoms with Gasteiger partial charge in [-0.2, -0.15) is 5.10 Å². The normalized spacial score (nSPS) is 15.6. The molecule has 0 saturated carbocycles. The molecule has 1 aliphatic heterocycles. The Hall–Kier alpha value is -3.04. The summed E-state index contributed by atoms with van der Waals surface area (Å²) < 4.78 is 2.91. The third-order valence-electron chi connectivity index (χ3n) is 5.55. The predicted molar refractivity (Wildman–Crippen MR) is 115 cm³/mol. The van der Waals surface area contributed by atoms with Gasteiger partial charge in [0.05, 0.1) is 12.0 Å². The Balaban J connectivity index is 1.59. The minimum atomic E-state index is -0.319. The lowest BCUT2D eigenvalue weighted by atomic mass is 10.2. The molecule has 9 heteroatoms. The van der Waals surface area contributed by atoms with Gasteiger partial charge in [0.2, 0.25) is 0 Å². The number of carbonyl (C=O) groups excluding carboxylic acids is 1. The topological polar surface area (TPSA) is 88.3 Å². The second-order valence-electron chi connectivity index (χ2n) is 7.85. The highest BCUT2D eigenvalue weighted by Gasteiger charge is 2.22. The van der Waals surface area contributed by atoms with Crippen molar-refractivity contribution in [3.63, 3.8) is 0 Å². The van der Waals surface area contributed by atoms with Crippen LogP contribution >= 0.6 is 0 Å². The molecule has 3 heterocycles. The molecule has 30 heavy (non-hydrogen) atoms. The number of hydrogen-bond acceptors (Lipinski definition) is 6. The highest BCUT2D eigenvalue weighted by atomic mass is 16.2. The molecule has 0 radical (unpaired) electrons. The Labute approximate surface area is 174 Å². The van der Waals surface area contributed by atoms with Crippen LogP contribution in [0.5, 0.6) is 0 Å². The minimum absolute atomic E-state index is 0.168. The molecule has 1 saturated heterocycles. The van der Waals surface area contributed by atoms with E-state index in [0.717, 1.165) is 38.3 Å². The summed E-state index contributed by atoms with van der Waals surface area (Å²) in [5.41, 5.74) is 2.35. The molecule has 0 unspecified atom stereocenters. The van der Waals surface area contributed by atoms with Gasteiger partial charge in [-0.3, -0.25) is 14.5 Å². The second-order valence-corrected chi connectivity index (χ2v) is 7.85. The fraction of sp³-hybridized carbons (Fsp3) is 0.429. The molecule has 0 spiro atoms. The van der Waals surface area contributed by atoms with Crippen LogP contribution in [0.4, 0.5) is 0 Å². The van der Waals surface area contributed by atoms with Gasteiger partial charge in [0.15, 0.2) is 11.2 Å². The highest BCUT2D eigenvalue weighted by Crippen LogP contribution is 2.18. The maximum absolute atomic E-state index is 12.9. The smallest absolute Gasteiger partial charge is 0.279 e. The van der Waals surface area contributed by atoms with Gasteiger partial charge < -0.3 is 14.8 Å². The van der Waals surface area contributed by atoms with Crippen LogP contribution in [0.15, 0.2) is 35.4 Å². The Morgan fingerprint density at radius 3 is 2.50 bits per heavy atom. The summed E-state index contributed by atoms with van der Waals surface area (Å²) in [6, 6.07) is 7.64. The second kappa shape index (κ2) is 8.37. The van der Waals surface area contributed by atoms with E-state index in [-0.39, 0.29) is 17.2 Å². The lowest BCUT2D eigenvalue weighted by Gasteiger charge is -2.32. The van der Waals surface area contributed by atoms with Gasteiger partial charge in [0, 0.05) is 46.3 Å². The van der Waals surface area contributed by atoms with Crippen LogP contribution in [0.3, 0.4) is 0 Å². The molecule has 0 aliphatic carbocycles. The van der Waals surface area contributed by atoms with Crippen LogP contribution in [0.1, 0.15) is 16.1 Å². The average Bonchev–Trinajstić information content (AvgIpc) is 3.13. The Morgan fingerprint density at radius 2 is 1.80 bits per heavy atom. The molecule has 0 atom stereocenters. The third kappa shape index (κ3) is 3.99. The van der Waals surface area contributed by atoms with Crippen LogP contribution in [0, 0.1) is 6.92 Å². The van der Waals surface area contributed by atoms with E-state index in [1.165, 1.54) is 15.6 Å². The lowest BCUT2D eigenvalue weighted by molar-refractivity contribution is 0.0937. The van der Waals surface area contributed by atoms with Gasteiger partial charge in [-0.05, 0) is 26.1 Å². The van der Waals surface area contributed by atoms with Gasteiger partial charge in [0.1, 0.15) is 5.52 Å². The Kier molecular flexibility index (Phi) is 5.65. The number of benzene rings is 1. The maximum atomic E-state index is 12.9. The molecule has 1 amide bonds. The number of likely N-dealkylation sites (N-methyl/N-ethyl adjacent to an activating group) is 1. The fourth-order valence-electron chi connectivity index (χ4n) is 3.60. The monoisotopic (exact) mass is 409 g/mol. The van der Waals surface area contributed by atoms with E-state index in [1.54, 1.807) is 7.05 Å². The van der Waals surface area contributed by atoms with Crippen molar-refractivity contribution in [1.82, 2.24) is 34.4 Å². The summed E-state index contributed by atoms with van der Waals surface area (Å²) in [6.45, 7) is 7.35. The summed E-state index contributed by atoms with van der Waals surface area (Å²) in [5.74, 6) is -0.319. The van der Waals surface area contributed by atoms with Crippen LogP contribution in [-0.2, 0) is 7.05 Å². The van der Waals surface area contributed by atoms with E-state index in [2.05, 4.69) is 32.2 Å². The van der Waals surface area contributed by atoms with Crippen molar-refractivity contribution < 1.29 is 4.79 Å². The number of aryl methyl sites for hydroxylation is 2. The summed E-state index contributed by atoms with van der Waals surface area (Å²) in [4.78, 5) is 34.6. The van der Waals surface area contributed by atoms with Gasteiger partial charge in [-0.15, -0.1) is 0 Å². The average molecular weight is 409 g/mol. The molecule has 158 valence electrons. The number of piperazine rings is 1. The first kappa shape index (κ1) is 20.2. The van der Waals surface area contributed by atoms with Crippen molar-refractivity contribution in [3.8, 4) is 5.69 Å². The zero-order chi connectivity index (χ0) is 21.3. The van der Waals surface area contributed by atoms with Crippen LogP contribution in [0.25, 0.3) is 16.7 Å². The molecule has 1 aromatic carbocycles. The molecular formula is C21H27N7O2. The van der Waals surface area contributed by atoms with Crippen molar-refractivity contribution in [3.05, 3.63) is 52.2 Å². The van der Waals surface area contributed by atoms with Crippen LogP contribution in [-0.4, -0.2) is 81.4 Å². The predicted octanol–water partition coefficient (Wildman–Crippen LogP) is 0.405. The number of nitrogens with zero attached hydrogens (tertiary/aromatic N) is 6. The van der Waals surface area contributed by atoms with E-state index in [0.29, 0.717) is 23.3 Å². The summed E-state index contributed by atoms with van der Waals surface area (Å²) in [5, 5.41) is 7.41. The van der Waals surface area contributed by atoms with E-state index >= 15 is 0 Å². The van der Waals surface area contributed by atoms with Crippen molar-refractivity contribution in [2.45, 2.75) is 6.92 Å². The Bertz CT molecular complexity index is 1110. The molecule has 4 rings (SSSR count). The summed E-state index contributed by atoms with van der Waals surface area (Å²) >= 11 is 0. The van der Waals surface area contributed by atoms with E-state index in [4.69, 9.17) is 0 Å². The number of nitrogens with one attached hydrogen (secondary N) is 1. The van der Waals surface area contributed by atoms with Crippen molar-refractivity contribution in [2.24, 2.45) is 7.05 Å². The number of rotatable bonds is 5. The van der Waals surface area contributed by atoms with Gasteiger partial charge >= 0.3 is 0 Å². The van der Waals surface area contributed by atoms with Gasteiger partial charge in [-0.25, -0.2) is 9.67 Å². The number of amides is 1. The maximum Gasteiger partial charge on any atom is 0.279 e. The zero-order valence-corrected chi connectivity index (χ0v) is 17.6. The lowest BCUT2D eigenvalue weighted by Crippen LogP contribution is -2.46. The number of aromatic nitrogens is 4. The van der Waals surface area contributed by atoms with E-state index in [9.17, 15) is 9.59 Å². The molecule has 1 N–H and O–H groups in total. The SMILES string of the molecule is Cc1ccc(-n2nc(C(=O)NCCN3CCN(C)CC3)c3ncn(C)c(=O)c32)cc1. The Morgan fingerprint density at radius 1 is 1.10 bits per heavy atom. The van der Waals surface area contributed by atoms with Crippen molar-refractivity contribution in [2.75, 3.05) is 46.3 Å². The van der Waals surface area contributed by atoms with E-state index < -0.39 is 0 Å². The third-order valence-corrected chi connectivity index (χ3v) is 5.55. The first-order chi connectivity index (χ1) is 14.4. The molecular weight excluding hydrogens is 382 g/mol. The largest absolute Gasteiger partial charge is 0.349 e. The first-order valence-electron chi connectivity index (χ1n) is 10.1. The quantitative estimate of drug-likeness (QED) is 0.657. The van der Waals surface area contributed by atoms with Crippen LogP contribution < -0.4 is 10.9 Å². The standard InChI is InChI=1S/C21H27N7O2/c1-15-4-6-16(7-5-15)28-19-17(23-14-26(3)21(19)30)18(24-28)20(29)22-8-9-27-12-10-25(2)11-13-27/h4-7,14H,8-13H2,1-3H3,(H,22,29). The van der Waals surface area contributed by atoms with Crippen LogP contribution in [0.2, 0.25) is 0 Å². The molecule has 2 aromatic heterocycles. The number of carbonyl (C=O) groups is 1. The number of hydrogen-bond donors (Lipinski definition) is 1. The highest BCUT2D eigenvalue weighted by molar-refractivity contribution is 6.03. The summed E-state index contributed by atoms with van der Waals surface area (Å²) in [7, 11) is 3.75. The van der Waals surface area contributed by atoms with Gasteiger partial charge in [-0.1, -0.05) is 17.7 Å². The number of fused-ring (bicyclic) bond motifs is 1. The fourth-order valence-corrected chi connectivity index (χ4v) is 3.60. The van der Waals surface area contributed by atoms with Crippen molar-refractivity contribution >= 4 is 16.9 Å². The van der Waals surface area contributed by atoms with E-state index in [1.807, 2.05) is 31.2 Å². The van der Waals surface area contributed by atoms with Crippen molar-refractivity contribution in [1.29, 1.82) is 0 Å². The molecule has 1 aliphatic rings. The molecule has 3 aromatic rings. The summed E-state index contributed by atoms with van der Waals surface area (Å²) in [6.07, 6.45) is 1.42. The molecule has 0 bridgehead atoms. The molecule has 1 fully saturated rings. The zero-order valence-electron chi connectivity index (χ0n) is 17.6. The first-order valence-corrected chi connectivity index (χ1v) is 10.1.